The Labute approximate surface area is 164 Å². The second-order valence-corrected chi connectivity index (χ2v) is 6.99. The number of nitrogens with one attached hydrogen (secondary N) is 3. The van der Waals surface area contributed by atoms with Gasteiger partial charge in [0.1, 0.15) is 0 Å². The number of carbonyl (C=O) groups is 2. The molecule has 8 heteroatoms. The highest BCUT2D eigenvalue weighted by Crippen LogP contribution is 2.18. The normalized spacial score (nSPS) is 11.8. The van der Waals surface area contributed by atoms with Gasteiger partial charge in [0.25, 0.3) is 0 Å². The van der Waals surface area contributed by atoms with Gasteiger partial charge in [-0.25, -0.2) is 0 Å². The van der Waals surface area contributed by atoms with Gasteiger partial charge in [0.15, 0.2) is 10.6 Å². The molecule has 1 aromatic heterocycles. The maximum absolute atomic E-state index is 12.1. The van der Waals surface area contributed by atoms with Gasteiger partial charge in [-0.15, -0.1) is 0 Å². The minimum absolute atomic E-state index is 0.0524. The molecule has 2 aromatic rings. The predicted molar refractivity (Wildman–Crippen MR) is 108 cm³/mol. The van der Waals surface area contributed by atoms with Crippen molar-refractivity contribution in [3.8, 4) is 11.4 Å². The van der Waals surface area contributed by atoms with Crippen LogP contribution in [-0.2, 0) is 16.1 Å². The van der Waals surface area contributed by atoms with Crippen molar-refractivity contribution in [1.82, 2.24) is 25.4 Å². The number of H-pyrrole nitrogens is 1. The Balaban J connectivity index is 1.86. The third-order valence-corrected chi connectivity index (χ3v) is 4.60. The SMILES string of the molecule is CCC(C)NC(=O)CCNC(=O)CCn1c(-c2cccc(C)c2)n[nH]c1=S. The number of rotatable bonds is 9. The van der Waals surface area contributed by atoms with Gasteiger partial charge in [-0.05, 0) is 38.6 Å². The minimum atomic E-state index is -0.121. The van der Waals surface area contributed by atoms with Crippen LogP contribution in [-0.4, -0.2) is 39.2 Å². The molecule has 3 N–H and O–H groups in total. The molecule has 7 nitrogen and oxygen atoms in total. The Morgan fingerprint density at radius 2 is 2.07 bits per heavy atom. The lowest BCUT2D eigenvalue weighted by atomic mass is 10.1. The first-order chi connectivity index (χ1) is 12.9. The molecule has 0 spiro atoms. The highest BCUT2D eigenvalue weighted by molar-refractivity contribution is 7.71. The Morgan fingerprint density at radius 1 is 1.30 bits per heavy atom. The molecule has 0 saturated carbocycles. The molecule has 0 aliphatic heterocycles. The zero-order valence-electron chi connectivity index (χ0n) is 16.0. The number of carbonyl (C=O) groups excluding carboxylic acids is 2. The van der Waals surface area contributed by atoms with Crippen LogP contribution < -0.4 is 10.6 Å². The first-order valence-electron chi connectivity index (χ1n) is 9.19. The summed E-state index contributed by atoms with van der Waals surface area (Å²) in [5.74, 6) is 0.539. The van der Waals surface area contributed by atoms with Crippen LogP contribution in [0.25, 0.3) is 11.4 Å². The summed E-state index contributed by atoms with van der Waals surface area (Å²) in [6, 6.07) is 8.11. The first kappa shape index (κ1) is 20.8. The lowest BCUT2D eigenvalue weighted by molar-refractivity contribution is -0.122. The Morgan fingerprint density at radius 3 is 2.78 bits per heavy atom. The van der Waals surface area contributed by atoms with Crippen molar-refractivity contribution in [2.45, 2.75) is 52.6 Å². The van der Waals surface area contributed by atoms with Crippen molar-refractivity contribution in [2.24, 2.45) is 0 Å². The van der Waals surface area contributed by atoms with E-state index in [1.807, 2.05) is 49.6 Å². The Kier molecular flexibility index (Phi) is 7.72. The van der Waals surface area contributed by atoms with E-state index in [2.05, 4.69) is 20.8 Å². The smallest absolute Gasteiger partial charge is 0.221 e. The van der Waals surface area contributed by atoms with E-state index in [9.17, 15) is 9.59 Å². The molecule has 2 amide bonds. The average molecular weight is 390 g/mol. The molecule has 146 valence electrons. The number of nitrogens with zero attached hydrogens (tertiary/aromatic N) is 2. The molecule has 2 rings (SSSR count). The van der Waals surface area contributed by atoms with Crippen molar-refractivity contribution < 1.29 is 9.59 Å². The van der Waals surface area contributed by atoms with Crippen LogP contribution in [0.15, 0.2) is 24.3 Å². The van der Waals surface area contributed by atoms with Crippen LogP contribution >= 0.6 is 12.2 Å². The third-order valence-electron chi connectivity index (χ3n) is 4.29. The summed E-state index contributed by atoms with van der Waals surface area (Å²) in [6.07, 6.45) is 1.42. The highest BCUT2D eigenvalue weighted by Gasteiger charge is 2.11. The largest absolute Gasteiger partial charge is 0.356 e. The summed E-state index contributed by atoms with van der Waals surface area (Å²) >= 11 is 5.29. The zero-order valence-corrected chi connectivity index (χ0v) is 16.9. The molecule has 0 aliphatic carbocycles. The van der Waals surface area contributed by atoms with E-state index in [-0.39, 0.29) is 30.7 Å². The summed E-state index contributed by atoms with van der Waals surface area (Å²) in [7, 11) is 0. The van der Waals surface area contributed by atoms with Gasteiger partial charge in [0.2, 0.25) is 11.8 Å². The van der Waals surface area contributed by atoms with Crippen molar-refractivity contribution in [1.29, 1.82) is 0 Å². The van der Waals surface area contributed by atoms with Crippen molar-refractivity contribution in [3.05, 3.63) is 34.6 Å². The molecular weight excluding hydrogens is 362 g/mol. The van der Waals surface area contributed by atoms with Crippen LogP contribution in [0, 0.1) is 11.7 Å². The van der Waals surface area contributed by atoms with Gasteiger partial charge < -0.3 is 10.6 Å². The second kappa shape index (κ2) is 10.0. The maximum Gasteiger partial charge on any atom is 0.221 e. The molecule has 1 heterocycles. The maximum atomic E-state index is 12.1. The Hall–Kier alpha value is -2.48. The summed E-state index contributed by atoms with van der Waals surface area (Å²) in [6.45, 7) is 6.72. The van der Waals surface area contributed by atoms with Crippen molar-refractivity contribution in [2.75, 3.05) is 6.54 Å². The second-order valence-electron chi connectivity index (χ2n) is 6.60. The predicted octanol–water partition coefficient (Wildman–Crippen LogP) is 2.73. The first-order valence-corrected chi connectivity index (χ1v) is 9.59. The van der Waals surface area contributed by atoms with Crippen LogP contribution in [0.1, 0.15) is 38.7 Å². The van der Waals surface area contributed by atoms with Gasteiger partial charge >= 0.3 is 0 Å². The minimum Gasteiger partial charge on any atom is -0.356 e. The molecule has 27 heavy (non-hydrogen) atoms. The number of benzene rings is 1. The Bertz CT molecular complexity index is 843. The van der Waals surface area contributed by atoms with Gasteiger partial charge in [-0.2, -0.15) is 5.10 Å². The van der Waals surface area contributed by atoms with E-state index in [1.54, 1.807) is 0 Å². The fourth-order valence-electron chi connectivity index (χ4n) is 2.60. The topological polar surface area (TPSA) is 91.8 Å². The lowest BCUT2D eigenvalue weighted by Gasteiger charge is -2.12. The molecule has 1 atom stereocenters. The van der Waals surface area contributed by atoms with E-state index in [0.29, 0.717) is 23.7 Å². The fraction of sp³-hybridized carbons (Fsp3) is 0.474. The molecular formula is C19H27N5O2S. The summed E-state index contributed by atoms with van der Waals surface area (Å²) in [5, 5.41) is 12.7. The quantitative estimate of drug-likeness (QED) is 0.575. The van der Waals surface area contributed by atoms with Crippen LogP contribution in [0.2, 0.25) is 0 Å². The van der Waals surface area contributed by atoms with Crippen LogP contribution in [0.5, 0.6) is 0 Å². The third kappa shape index (κ3) is 6.32. The summed E-state index contributed by atoms with van der Waals surface area (Å²) in [5.41, 5.74) is 2.07. The zero-order chi connectivity index (χ0) is 19.8. The lowest BCUT2D eigenvalue weighted by Crippen LogP contribution is -2.35. The molecule has 0 saturated heterocycles. The number of aromatic amines is 1. The monoisotopic (exact) mass is 389 g/mol. The fourth-order valence-corrected chi connectivity index (χ4v) is 2.82. The van der Waals surface area contributed by atoms with Gasteiger partial charge in [-0.3, -0.25) is 19.3 Å². The number of amides is 2. The summed E-state index contributed by atoms with van der Waals surface area (Å²) < 4.78 is 2.30. The standard InChI is InChI=1S/C19H27N5O2S/c1-4-14(3)21-17(26)8-10-20-16(25)9-11-24-18(22-23-19(24)27)15-7-5-6-13(2)12-15/h5-7,12,14H,4,8-11H2,1-3H3,(H,20,25)(H,21,26)(H,23,27). The number of hydrogen-bond acceptors (Lipinski definition) is 4. The van der Waals surface area contributed by atoms with Crippen molar-refractivity contribution in [3.63, 3.8) is 0 Å². The van der Waals surface area contributed by atoms with E-state index >= 15 is 0 Å². The average Bonchev–Trinajstić information content (AvgIpc) is 3.00. The number of aryl methyl sites for hydroxylation is 1. The van der Waals surface area contributed by atoms with E-state index in [1.165, 1.54) is 0 Å². The molecule has 0 radical (unpaired) electrons. The van der Waals surface area contributed by atoms with Gasteiger partial charge in [-0.1, -0.05) is 30.7 Å². The molecule has 1 unspecified atom stereocenters. The number of hydrogen-bond donors (Lipinski definition) is 3. The van der Waals surface area contributed by atoms with Gasteiger partial charge in [0, 0.05) is 37.5 Å². The molecule has 1 aromatic carbocycles. The van der Waals surface area contributed by atoms with Crippen LogP contribution in [0.4, 0.5) is 0 Å². The molecule has 0 fully saturated rings. The summed E-state index contributed by atoms with van der Waals surface area (Å²) in [4.78, 5) is 23.8. The molecule has 0 aliphatic rings. The van der Waals surface area contributed by atoms with E-state index in [4.69, 9.17) is 12.2 Å². The van der Waals surface area contributed by atoms with Crippen LogP contribution in [0.3, 0.4) is 0 Å². The van der Waals surface area contributed by atoms with E-state index < -0.39 is 0 Å². The number of aromatic nitrogens is 3. The van der Waals surface area contributed by atoms with Crippen molar-refractivity contribution >= 4 is 24.0 Å². The molecule has 0 bridgehead atoms. The van der Waals surface area contributed by atoms with Gasteiger partial charge in [0.05, 0.1) is 0 Å². The highest BCUT2D eigenvalue weighted by atomic mass is 32.1. The van der Waals surface area contributed by atoms with E-state index in [0.717, 1.165) is 17.5 Å².